The number of para-hydroxylation sites is 1. The Morgan fingerprint density at radius 1 is 1.09 bits per heavy atom. The Labute approximate surface area is 139 Å². The monoisotopic (exact) mass is 333 g/mol. The molecule has 0 aliphatic heterocycles. The van der Waals surface area contributed by atoms with E-state index >= 15 is 0 Å². The standard InChI is InChI=1S/C17H16ClNO4/c1-12-9-14(7-8-15(12)18)22-11-17(21)23-10-16(20)19-13-5-3-2-4-6-13/h2-9H,10-11H2,1H3,(H,19,20). The molecule has 6 heteroatoms. The van der Waals surface area contributed by atoms with Crippen molar-refractivity contribution < 1.29 is 19.1 Å². The predicted octanol–water partition coefficient (Wildman–Crippen LogP) is 3.21. The lowest BCUT2D eigenvalue weighted by molar-refractivity contribution is -0.149. The van der Waals surface area contributed by atoms with Gasteiger partial charge in [0.25, 0.3) is 5.91 Å². The smallest absolute Gasteiger partial charge is 0.344 e. The summed E-state index contributed by atoms with van der Waals surface area (Å²) in [5.41, 5.74) is 1.49. The van der Waals surface area contributed by atoms with Gasteiger partial charge < -0.3 is 14.8 Å². The molecule has 0 aliphatic carbocycles. The van der Waals surface area contributed by atoms with E-state index < -0.39 is 11.9 Å². The molecular formula is C17H16ClNO4. The number of anilines is 1. The van der Waals surface area contributed by atoms with Gasteiger partial charge in [-0.05, 0) is 42.8 Å². The molecule has 1 amide bonds. The summed E-state index contributed by atoms with van der Waals surface area (Å²) >= 11 is 5.90. The predicted molar refractivity (Wildman–Crippen MR) is 87.7 cm³/mol. The quantitative estimate of drug-likeness (QED) is 0.824. The third kappa shape index (κ3) is 5.64. The number of esters is 1. The second-order valence-electron chi connectivity index (χ2n) is 4.77. The maximum absolute atomic E-state index is 11.6. The van der Waals surface area contributed by atoms with Crippen LogP contribution in [0, 0.1) is 6.92 Å². The zero-order valence-corrected chi connectivity index (χ0v) is 13.3. The highest BCUT2D eigenvalue weighted by molar-refractivity contribution is 6.31. The second-order valence-corrected chi connectivity index (χ2v) is 5.18. The summed E-state index contributed by atoms with van der Waals surface area (Å²) in [6, 6.07) is 14.0. The Bertz CT molecular complexity index is 688. The molecule has 0 aliphatic rings. The molecule has 120 valence electrons. The maximum Gasteiger partial charge on any atom is 0.344 e. The van der Waals surface area contributed by atoms with Gasteiger partial charge in [-0.2, -0.15) is 0 Å². The van der Waals surface area contributed by atoms with Crippen LogP contribution in [0.15, 0.2) is 48.5 Å². The third-order valence-corrected chi connectivity index (χ3v) is 3.33. The van der Waals surface area contributed by atoms with E-state index in [4.69, 9.17) is 21.1 Å². The van der Waals surface area contributed by atoms with Crippen LogP contribution < -0.4 is 10.1 Å². The number of ether oxygens (including phenoxy) is 2. The number of aryl methyl sites for hydroxylation is 1. The van der Waals surface area contributed by atoms with E-state index in [0.29, 0.717) is 16.5 Å². The van der Waals surface area contributed by atoms with E-state index in [1.54, 1.807) is 42.5 Å². The molecule has 0 saturated heterocycles. The number of hydrogen-bond acceptors (Lipinski definition) is 4. The Kier molecular flexibility index (Phi) is 6.00. The molecule has 0 radical (unpaired) electrons. The summed E-state index contributed by atoms with van der Waals surface area (Å²) in [4.78, 5) is 23.2. The normalized spacial score (nSPS) is 10.0. The van der Waals surface area contributed by atoms with Gasteiger partial charge in [-0.15, -0.1) is 0 Å². The van der Waals surface area contributed by atoms with E-state index in [9.17, 15) is 9.59 Å². The lowest BCUT2D eigenvalue weighted by atomic mass is 10.2. The van der Waals surface area contributed by atoms with Crippen molar-refractivity contribution >= 4 is 29.2 Å². The van der Waals surface area contributed by atoms with E-state index in [1.165, 1.54) is 0 Å². The summed E-state index contributed by atoms with van der Waals surface area (Å²) in [5.74, 6) is -0.523. The van der Waals surface area contributed by atoms with Crippen molar-refractivity contribution in [3.05, 3.63) is 59.1 Å². The first-order chi connectivity index (χ1) is 11.0. The Morgan fingerprint density at radius 2 is 1.83 bits per heavy atom. The molecule has 23 heavy (non-hydrogen) atoms. The van der Waals surface area contributed by atoms with Crippen LogP contribution in [0.3, 0.4) is 0 Å². The molecule has 1 N–H and O–H groups in total. The van der Waals surface area contributed by atoms with Crippen molar-refractivity contribution in [3.63, 3.8) is 0 Å². The number of rotatable bonds is 6. The number of carbonyl (C=O) groups is 2. The number of nitrogens with one attached hydrogen (secondary N) is 1. The number of benzene rings is 2. The van der Waals surface area contributed by atoms with E-state index in [2.05, 4.69) is 5.32 Å². The molecule has 5 nitrogen and oxygen atoms in total. The summed E-state index contributed by atoms with van der Waals surface area (Å²) in [5, 5.41) is 3.24. The van der Waals surface area contributed by atoms with Crippen molar-refractivity contribution in [2.45, 2.75) is 6.92 Å². The highest BCUT2D eigenvalue weighted by atomic mass is 35.5. The molecule has 0 saturated carbocycles. The average Bonchev–Trinajstić information content (AvgIpc) is 2.55. The molecule has 0 spiro atoms. The van der Waals surface area contributed by atoms with Gasteiger partial charge >= 0.3 is 5.97 Å². The Balaban J connectivity index is 1.72. The second kappa shape index (κ2) is 8.19. The topological polar surface area (TPSA) is 64.6 Å². The van der Waals surface area contributed by atoms with Gasteiger partial charge in [0.2, 0.25) is 0 Å². The molecule has 2 aromatic rings. The molecular weight excluding hydrogens is 318 g/mol. The van der Waals surface area contributed by atoms with Gasteiger partial charge in [-0.3, -0.25) is 4.79 Å². The van der Waals surface area contributed by atoms with Crippen molar-refractivity contribution in [1.82, 2.24) is 0 Å². The maximum atomic E-state index is 11.6. The number of halogens is 1. The largest absolute Gasteiger partial charge is 0.482 e. The number of hydrogen-bond donors (Lipinski definition) is 1. The summed E-state index contributed by atoms with van der Waals surface area (Å²) in [7, 11) is 0. The first-order valence-electron chi connectivity index (χ1n) is 6.94. The number of amides is 1. The zero-order chi connectivity index (χ0) is 16.7. The minimum absolute atomic E-state index is 0.278. The van der Waals surface area contributed by atoms with Crippen molar-refractivity contribution in [2.24, 2.45) is 0 Å². The molecule has 0 atom stereocenters. The fraction of sp³-hybridized carbons (Fsp3) is 0.176. The van der Waals surface area contributed by atoms with E-state index in [0.717, 1.165) is 5.56 Å². The van der Waals surface area contributed by atoms with E-state index in [-0.39, 0.29) is 13.2 Å². The van der Waals surface area contributed by atoms with Gasteiger partial charge in [0.15, 0.2) is 13.2 Å². The highest BCUT2D eigenvalue weighted by Gasteiger charge is 2.09. The van der Waals surface area contributed by atoms with Crippen LogP contribution in [0.2, 0.25) is 5.02 Å². The highest BCUT2D eigenvalue weighted by Crippen LogP contribution is 2.20. The fourth-order valence-corrected chi connectivity index (χ4v) is 1.87. The zero-order valence-electron chi connectivity index (χ0n) is 12.5. The summed E-state index contributed by atoms with van der Waals surface area (Å²) < 4.78 is 10.1. The van der Waals surface area contributed by atoms with Crippen LogP contribution in [-0.4, -0.2) is 25.1 Å². The lowest BCUT2D eigenvalue weighted by Gasteiger charge is -2.08. The first-order valence-corrected chi connectivity index (χ1v) is 7.32. The minimum atomic E-state index is -0.624. The fourth-order valence-electron chi connectivity index (χ4n) is 1.76. The molecule has 0 heterocycles. The molecule has 0 unspecified atom stereocenters. The van der Waals surface area contributed by atoms with Crippen LogP contribution in [0.1, 0.15) is 5.56 Å². The van der Waals surface area contributed by atoms with Crippen LogP contribution >= 0.6 is 11.6 Å². The van der Waals surface area contributed by atoms with Gasteiger partial charge in [-0.25, -0.2) is 4.79 Å². The average molecular weight is 334 g/mol. The van der Waals surface area contributed by atoms with E-state index in [1.807, 2.05) is 13.0 Å². The van der Waals surface area contributed by atoms with Gasteiger partial charge in [0.05, 0.1) is 0 Å². The van der Waals surface area contributed by atoms with Crippen molar-refractivity contribution in [1.29, 1.82) is 0 Å². The molecule has 0 fully saturated rings. The van der Waals surface area contributed by atoms with Crippen molar-refractivity contribution in [2.75, 3.05) is 18.5 Å². The Hall–Kier alpha value is -2.53. The van der Waals surface area contributed by atoms with Gasteiger partial charge in [0, 0.05) is 10.7 Å². The third-order valence-electron chi connectivity index (χ3n) is 2.91. The van der Waals surface area contributed by atoms with Crippen LogP contribution in [0.5, 0.6) is 5.75 Å². The SMILES string of the molecule is Cc1cc(OCC(=O)OCC(=O)Nc2ccccc2)ccc1Cl. The van der Waals surface area contributed by atoms with Gasteiger partial charge in [-0.1, -0.05) is 29.8 Å². The van der Waals surface area contributed by atoms with Crippen molar-refractivity contribution in [3.8, 4) is 5.75 Å². The van der Waals surface area contributed by atoms with Crippen LogP contribution in [0.4, 0.5) is 5.69 Å². The molecule has 0 aromatic heterocycles. The molecule has 0 bridgehead atoms. The summed E-state index contributed by atoms with van der Waals surface area (Å²) in [6.07, 6.45) is 0. The Morgan fingerprint density at radius 3 is 2.52 bits per heavy atom. The molecule has 2 aromatic carbocycles. The number of carbonyl (C=O) groups excluding carboxylic acids is 2. The lowest BCUT2D eigenvalue weighted by Crippen LogP contribution is -2.23. The van der Waals surface area contributed by atoms with Crippen LogP contribution in [0.25, 0.3) is 0 Å². The summed E-state index contributed by atoms with van der Waals surface area (Å²) in [6.45, 7) is 1.19. The van der Waals surface area contributed by atoms with Gasteiger partial charge in [0.1, 0.15) is 5.75 Å². The van der Waals surface area contributed by atoms with Crippen LogP contribution in [-0.2, 0) is 14.3 Å². The molecule has 2 rings (SSSR count). The minimum Gasteiger partial charge on any atom is -0.482 e. The first kappa shape index (κ1) is 16.8.